The van der Waals surface area contributed by atoms with Crippen LogP contribution >= 0.6 is 0 Å². The summed E-state index contributed by atoms with van der Waals surface area (Å²) in [5.41, 5.74) is 5.34. The Morgan fingerprint density at radius 2 is 2.00 bits per heavy atom. The predicted molar refractivity (Wildman–Crippen MR) is 46.3 cm³/mol. The molecule has 0 aromatic rings. The van der Waals surface area contributed by atoms with Gasteiger partial charge >= 0.3 is 0 Å². The van der Waals surface area contributed by atoms with Crippen LogP contribution in [-0.4, -0.2) is 17.8 Å². The normalized spacial score (nSPS) is 22.4. The highest BCUT2D eigenvalue weighted by Crippen LogP contribution is 2.28. The zero-order valence-electron chi connectivity index (χ0n) is 7.13. The van der Waals surface area contributed by atoms with E-state index in [2.05, 4.69) is 0 Å². The van der Waals surface area contributed by atoms with Crippen molar-refractivity contribution in [1.82, 2.24) is 0 Å². The van der Waals surface area contributed by atoms with Crippen molar-refractivity contribution in [1.29, 1.82) is 0 Å². The number of aliphatic hydroxyl groups excluding tert-OH is 1. The molecular formula is C9H19NO. The number of aliphatic hydroxyl groups is 1. The highest BCUT2D eigenvalue weighted by molar-refractivity contribution is 4.71. The van der Waals surface area contributed by atoms with E-state index in [4.69, 9.17) is 5.73 Å². The van der Waals surface area contributed by atoms with Gasteiger partial charge in [-0.2, -0.15) is 0 Å². The van der Waals surface area contributed by atoms with E-state index >= 15 is 0 Å². The zero-order valence-corrected chi connectivity index (χ0v) is 7.13. The molecule has 0 radical (unpaired) electrons. The largest absolute Gasteiger partial charge is 0.393 e. The van der Waals surface area contributed by atoms with E-state index in [9.17, 15) is 5.11 Å². The Morgan fingerprint density at radius 1 is 1.36 bits per heavy atom. The summed E-state index contributed by atoms with van der Waals surface area (Å²) < 4.78 is 0. The molecule has 2 heteroatoms. The molecular weight excluding hydrogens is 138 g/mol. The Hall–Kier alpha value is -0.0800. The summed E-state index contributed by atoms with van der Waals surface area (Å²) in [5.74, 6) is 0.788. The molecule has 0 amide bonds. The highest BCUT2D eigenvalue weighted by atomic mass is 16.3. The second-order valence-corrected chi connectivity index (χ2v) is 3.62. The van der Waals surface area contributed by atoms with Gasteiger partial charge in [-0.05, 0) is 25.3 Å². The molecule has 0 unspecified atom stereocenters. The molecule has 2 nitrogen and oxygen atoms in total. The quantitative estimate of drug-likeness (QED) is 0.645. The summed E-state index contributed by atoms with van der Waals surface area (Å²) in [4.78, 5) is 0. The maximum absolute atomic E-state index is 9.43. The van der Waals surface area contributed by atoms with E-state index < -0.39 is 0 Å². The molecule has 1 rings (SSSR count). The first-order valence-electron chi connectivity index (χ1n) is 4.71. The van der Waals surface area contributed by atoms with E-state index in [-0.39, 0.29) is 6.10 Å². The summed E-state index contributed by atoms with van der Waals surface area (Å²) in [5, 5.41) is 9.43. The van der Waals surface area contributed by atoms with Crippen LogP contribution in [0.25, 0.3) is 0 Å². The fourth-order valence-electron chi connectivity index (χ4n) is 1.94. The number of hydrogen-bond donors (Lipinski definition) is 2. The van der Waals surface area contributed by atoms with Crippen molar-refractivity contribution in [3.8, 4) is 0 Å². The van der Waals surface area contributed by atoms with Crippen LogP contribution in [0.4, 0.5) is 0 Å². The van der Waals surface area contributed by atoms with E-state index in [1.807, 2.05) is 0 Å². The monoisotopic (exact) mass is 157 g/mol. The first-order valence-corrected chi connectivity index (χ1v) is 4.71. The zero-order chi connectivity index (χ0) is 8.10. The molecule has 0 aliphatic heterocycles. The minimum atomic E-state index is -0.136. The minimum absolute atomic E-state index is 0.136. The summed E-state index contributed by atoms with van der Waals surface area (Å²) in [6.07, 6.45) is 6.99. The van der Waals surface area contributed by atoms with Crippen molar-refractivity contribution in [2.75, 3.05) is 6.54 Å². The molecule has 0 aromatic carbocycles. The topological polar surface area (TPSA) is 46.2 Å². The molecule has 1 fully saturated rings. The molecule has 3 N–H and O–H groups in total. The predicted octanol–water partition coefficient (Wildman–Crippen LogP) is 1.28. The average Bonchev–Trinajstić information content (AvgIpc) is 2.40. The van der Waals surface area contributed by atoms with Crippen LogP contribution in [0, 0.1) is 5.92 Å². The van der Waals surface area contributed by atoms with Gasteiger partial charge < -0.3 is 10.8 Å². The second kappa shape index (κ2) is 4.73. The van der Waals surface area contributed by atoms with E-state index in [0.717, 1.165) is 18.8 Å². The lowest BCUT2D eigenvalue weighted by molar-refractivity contribution is 0.136. The Kier molecular flexibility index (Phi) is 3.87. The molecule has 11 heavy (non-hydrogen) atoms. The fraction of sp³-hybridized carbons (Fsp3) is 1.00. The number of nitrogens with two attached hydrogens (primary N) is 1. The summed E-state index contributed by atoms with van der Waals surface area (Å²) in [6.45, 7) is 0.619. The Balaban J connectivity index is 2.08. The van der Waals surface area contributed by atoms with E-state index in [1.54, 1.807) is 0 Å². The van der Waals surface area contributed by atoms with Crippen LogP contribution < -0.4 is 5.73 Å². The average molecular weight is 157 g/mol. The lowest BCUT2D eigenvalue weighted by Gasteiger charge is -2.13. The molecule has 1 aliphatic rings. The van der Waals surface area contributed by atoms with Gasteiger partial charge in [-0.3, -0.25) is 0 Å². The van der Waals surface area contributed by atoms with Crippen LogP contribution in [-0.2, 0) is 0 Å². The van der Waals surface area contributed by atoms with Crippen molar-refractivity contribution in [2.45, 2.75) is 44.6 Å². The van der Waals surface area contributed by atoms with Crippen LogP contribution in [0.15, 0.2) is 0 Å². The molecule has 0 bridgehead atoms. The first-order chi connectivity index (χ1) is 5.33. The first kappa shape index (κ1) is 9.01. The van der Waals surface area contributed by atoms with Gasteiger partial charge in [0.2, 0.25) is 0 Å². The van der Waals surface area contributed by atoms with Crippen LogP contribution in [0.2, 0.25) is 0 Å². The molecule has 0 spiro atoms. The van der Waals surface area contributed by atoms with Crippen molar-refractivity contribution >= 4 is 0 Å². The van der Waals surface area contributed by atoms with Gasteiger partial charge in [-0.15, -0.1) is 0 Å². The number of rotatable bonds is 4. The van der Waals surface area contributed by atoms with Gasteiger partial charge in [-0.25, -0.2) is 0 Å². The smallest absolute Gasteiger partial charge is 0.0554 e. The standard InChI is InChI=1S/C9H19NO/c10-6-5-9(11)7-8-3-1-2-4-8/h8-9,11H,1-7,10H2/t9-/m1/s1. The summed E-state index contributed by atoms with van der Waals surface area (Å²) in [6, 6.07) is 0. The van der Waals surface area contributed by atoms with Crippen molar-refractivity contribution in [2.24, 2.45) is 11.7 Å². The molecule has 66 valence electrons. The van der Waals surface area contributed by atoms with Crippen LogP contribution in [0.1, 0.15) is 38.5 Å². The third-order valence-electron chi connectivity index (χ3n) is 2.58. The summed E-state index contributed by atoms with van der Waals surface area (Å²) >= 11 is 0. The second-order valence-electron chi connectivity index (χ2n) is 3.62. The minimum Gasteiger partial charge on any atom is -0.393 e. The third-order valence-corrected chi connectivity index (χ3v) is 2.58. The maximum Gasteiger partial charge on any atom is 0.0554 e. The fourth-order valence-corrected chi connectivity index (χ4v) is 1.94. The SMILES string of the molecule is NCC[C@@H](O)CC1CCCC1. The third kappa shape index (κ3) is 3.21. The van der Waals surface area contributed by atoms with E-state index in [0.29, 0.717) is 6.54 Å². The Labute approximate surface area is 68.8 Å². The van der Waals surface area contributed by atoms with Gasteiger partial charge in [-0.1, -0.05) is 25.7 Å². The van der Waals surface area contributed by atoms with Crippen molar-refractivity contribution < 1.29 is 5.11 Å². The highest BCUT2D eigenvalue weighted by Gasteiger charge is 2.17. The molecule has 1 atom stereocenters. The molecule has 0 heterocycles. The molecule has 0 saturated heterocycles. The summed E-state index contributed by atoms with van der Waals surface area (Å²) in [7, 11) is 0. The van der Waals surface area contributed by atoms with Crippen molar-refractivity contribution in [3.05, 3.63) is 0 Å². The van der Waals surface area contributed by atoms with Crippen molar-refractivity contribution in [3.63, 3.8) is 0 Å². The Morgan fingerprint density at radius 3 is 2.55 bits per heavy atom. The molecule has 1 aliphatic carbocycles. The van der Waals surface area contributed by atoms with Gasteiger partial charge in [0.15, 0.2) is 0 Å². The van der Waals surface area contributed by atoms with Crippen LogP contribution in [0.3, 0.4) is 0 Å². The Bertz CT molecular complexity index is 99.7. The molecule has 0 aromatic heterocycles. The van der Waals surface area contributed by atoms with Gasteiger partial charge in [0.25, 0.3) is 0 Å². The lowest BCUT2D eigenvalue weighted by atomic mass is 9.98. The maximum atomic E-state index is 9.43. The van der Waals surface area contributed by atoms with E-state index in [1.165, 1.54) is 25.7 Å². The van der Waals surface area contributed by atoms with Crippen LogP contribution in [0.5, 0.6) is 0 Å². The van der Waals surface area contributed by atoms with Gasteiger partial charge in [0.1, 0.15) is 0 Å². The lowest BCUT2D eigenvalue weighted by Crippen LogP contribution is -2.16. The van der Waals surface area contributed by atoms with Gasteiger partial charge in [0.05, 0.1) is 6.10 Å². The van der Waals surface area contributed by atoms with Gasteiger partial charge in [0, 0.05) is 0 Å². The molecule has 1 saturated carbocycles. The number of hydrogen-bond acceptors (Lipinski definition) is 2.